The highest BCUT2D eigenvalue weighted by Gasteiger charge is 2.28. The molecule has 7 nitrogen and oxygen atoms in total. The van der Waals surface area contributed by atoms with Gasteiger partial charge in [-0.2, -0.15) is 0 Å². The summed E-state index contributed by atoms with van der Waals surface area (Å²) < 4.78 is 36.6. The highest BCUT2D eigenvalue weighted by molar-refractivity contribution is 7.92. The lowest BCUT2D eigenvalue weighted by molar-refractivity contribution is -0.141. The molecule has 27 heavy (non-hydrogen) atoms. The smallest absolute Gasteiger partial charge is 0.339 e. The van der Waals surface area contributed by atoms with Crippen LogP contribution in [0.2, 0.25) is 5.02 Å². The maximum Gasteiger partial charge on any atom is 0.339 e. The van der Waals surface area contributed by atoms with Crippen molar-refractivity contribution in [1.29, 1.82) is 0 Å². The fourth-order valence-electron chi connectivity index (χ4n) is 2.29. The fourth-order valence-corrected chi connectivity index (χ4v) is 3.91. The Kier molecular flexibility index (Phi) is 6.81. The highest BCUT2D eigenvalue weighted by atomic mass is 35.5. The van der Waals surface area contributed by atoms with Gasteiger partial charge in [0, 0.05) is 0 Å². The Morgan fingerprint density at radius 1 is 1.11 bits per heavy atom. The van der Waals surface area contributed by atoms with Gasteiger partial charge in [-0.15, -0.1) is 0 Å². The van der Waals surface area contributed by atoms with Gasteiger partial charge in [-0.25, -0.2) is 13.2 Å². The molecule has 144 valence electrons. The number of hydrogen-bond acceptors (Lipinski definition) is 6. The molecule has 0 N–H and O–H groups in total. The monoisotopic (exact) mass is 411 g/mol. The number of hydrogen-bond donors (Lipinski definition) is 0. The number of benzene rings is 2. The Morgan fingerprint density at radius 3 is 2.37 bits per heavy atom. The van der Waals surface area contributed by atoms with Gasteiger partial charge in [-0.05, 0) is 37.3 Å². The number of esters is 2. The third-order valence-electron chi connectivity index (χ3n) is 3.55. The van der Waals surface area contributed by atoms with E-state index >= 15 is 0 Å². The van der Waals surface area contributed by atoms with Gasteiger partial charge in [0.05, 0.1) is 34.9 Å². The maximum absolute atomic E-state index is 13.1. The Labute approximate surface area is 162 Å². The predicted octanol–water partition coefficient (Wildman–Crippen LogP) is 2.89. The molecule has 0 fully saturated rings. The van der Waals surface area contributed by atoms with E-state index in [1.54, 1.807) is 25.1 Å². The summed E-state index contributed by atoms with van der Waals surface area (Å²) in [6, 6.07) is 11.6. The molecule has 0 atom stereocenters. The molecule has 0 spiro atoms. The number of ether oxygens (including phenoxy) is 2. The SMILES string of the molecule is CCOC(=O)CN(c1ccc(Cl)c(C(=O)OC)c1)S(=O)(=O)c1ccccc1. The van der Waals surface area contributed by atoms with Crippen LogP contribution >= 0.6 is 11.6 Å². The average molecular weight is 412 g/mol. The number of rotatable bonds is 7. The molecule has 9 heteroatoms. The van der Waals surface area contributed by atoms with Gasteiger partial charge in [0.1, 0.15) is 6.54 Å². The van der Waals surface area contributed by atoms with Crippen molar-refractivity contribution in [3.05, 3.63) is 59.1 Å². The number of halogens is 1. The second kappa shape index (κ2) is 8.88. The quantitative estimate of drug-likeness (QED) is 0.651. The number of sulfonamides is 1. The van der Waals surface area contributed by atoms with E-state index in [0.29, 0.717) is 0 Å². The molecule has 0 aliphatic heterocycles. The van der Waals surface area contributed by atoms with E-state index in [2.05, 4.69) is 4.74 Å². The summed E-state index contributed by atoms with van der Waals surface area (Å²) >= 11 is 6.00. The summed E-state index contributed by atoms with van der Waals surface area (Å²) in [5, 5.41) is 0.0961. The van der Waals surface area contributed by atoms with E-state index in [0.717, 1.165) is 4.31 Å². The van der Waals surface area contributed by atoms with Crippen LogP contribution < -0.4 is 4.31 Å². The fraction of sp³-hybridized carbons (Fsp3) is 0.222. The van der Waals surface area contributed by atoms with Crippen molar-refractivity contribution in [2.75, 3.05) is 24.6 Å². The van der Waals surface area contributed by atoms with Crippen LogP contribution in [-0.2, 0) is 24.3 Å². The van der Waals surface area contributed by atoms with E-state index < -0.39 is 28.5 Å². The maximum atomic E-state index is 13.1. The molecule has 0 saturated carbocycles. The minimum Gasteiger partial charge on any atom is -0.465 e. The van der Waals surface area contributed by atoms with Gasteiger partial charge in [-0.1, -0.05) is 29.8 Å². The van der Waals surface area contributed by atoms with Crippen LogP contribution in [0.3, 0.4) is 0 Å². The van der Waals surface area contributed by atoms with Crippen molar-refractivity contribution in [1.82, 2.24) is 0 Å². The molecule has 0 heterocycles. The van der Waals surface area contributed by atoms with E-state index in [1.807, 2.05) is 0 Å². The first-order valence-corrected chi connectivity index (χ1v) is 9.74. The van der Waals surface area contributed by atoms with E-state index in [4.69, 9.17) is 16.3 Å². The second-order valence-corrected chi connectivity index (χ2v) is 7.55. The van der Waals surface area contributed by atoms with E-state index in [1.165, 1.54) is 37.4 Å². The van der Waals surface area contributed by atoms with Crippen molar-refractivity contribution >= 4 is 39.3 Å². The highest BCUT2D eigenvalue weighted by Crippen LogP contribution is 2.28. The molecule has 0 aliphatic carbocycles. The number of methoxy groups -OCH3 is 1. The van der Waals surface area contributed by atoms with Crippen LogP contribution in [0.5, 0.6) is 0 Å². The van der Waals surface area contributed by atoms with Crippen LogP contribution in [0.15, 0.2) is 53.4 Å². The molecule has 0 unspecified atom stereocenters. The summed E-state index contributed by atoms with van der Waals surface area (Å²) in [5.74, 6) is -1.46. The Hall–Kier alpha value is -2.58. The molecule has 0 aliphatic rings. The zero-order chi connectivity index (χ0) is 20.0. The predicted molar refractivity (Wildman–Crippen MR) is 100 cm³/mol. The standard InChI is InChI=1S/C18H18ClNO6S/c1-3-26-17(21)12-20(27(23,24)14-7-5-4-6-8-14)13-9-10-16(19)15(11-13)18(22)25-2/h4-11H,3,12H2,1-2H3. The zero-order valence-corrected chi connectivity index (χ0v) is 16.3. The summed E-state index contributed by atoms with van der Waals surface area (Å²) in [7, 11) is -2.91. The number of nitrogens with zero attached hydrogens (tertiary/aromatic N) is 1. The zero-order valence-electron chi connectivity index (χ0n) is 14.7. The molecular formula is C18H18ClNO6S. The molecule has 2 aromatic rings. The van der Waals surface area contributed by atoms with Gasteiger partial charge in [0.15, 0.2) is 0 Å². The Morgan fingerprint density at radius 2 is 1.78 bits per heavy atom. The lowest BCUT2D eigenvalue weighted by Gasteiger charge is -2.24. The van der Waals surface area contributed by atoms with Crippen LogP contribution in [0.4, 0.5) is 5.69 Å². The lowest BCUT2D eigenvalue weighted by atomic mass is 10.2. The average Bonchev–Trinajstić information content (AvgIpc) is 2.67. The third-order valence-corrected chi connectivity index (χ3v) is 5.67. The minimum atomic E-state index is -4.09. The summed E-state index contributed by atoms with van der Waals surface area (Å²) in [4.78, 5) is 23.9. The number of carbonyl (C=O) groups is 2. The van der Waals surface area contributed by atoms with E-state index in [-0.39, 0.29) is 27.8 Å². The van der Waals surface area contributed by atoms with Crippen LogP contribution in [0.1, 0.15) is 17.3 Å². The van der Waals surface area contributed by atoms with Gasteiger partial charge >= 0.3 is 11.9 Å². The number of anilines is 1. The molecule has 0 saturated heterocycles. The molecular weight excluding hydrogens is 394 g/mol. The van der Waals surface area contributed by atoms with Crippen molar-refractivity contribution < 1.29 is 27.5 Å². The van der Waals surface area contributed by atoms with Crippen LogP contribution in [0, 0.1) is 0 Å². The number of carbonyl (C=O) groups excluding carboxylic acids is 2. The first kappa shape index (κ1) is 20.7. The van der Waals surface area contributed by atoms with Crippen LogP contribution in [-0.4, -0.2) is 40.6 Å². The van der Waals surface area contributed by atoms with Crippen molar-refractivity contribution in [2.24, 2.45) is 0 Å². The molecule has 0 aromatic heterocycles. The Balaban J connectivity index is 2.57. The second-order valence-electron chi connectivity index (χ2n) is 5.29. The molecule has 0 amide bonds. The summed E-state index contributed by atoms with van der Waals surface area (Å²) in [6.07, 6.45) is 0. The molecule has 2 aromatic carbocycles. The van der Waals surface area contributed by atoms with Gasteiger partial charge in [-0.3, -0.25) is 9.10 Å². The first-order chi connectivity index (χ1) is 12.8. The topological polar surface area (TPSA) is 90.0 Å². The van der Waals surface area contributed by atoms with Gasteiger partial charge in [0.2, 0.25) is 0 Å². The molecule has 2 rings (SSSR count). The molecule has 0 radical (unpaired) electrons. The van der Waals surface area contributed by atoms with Crippen molar-refractivity contribution in [2.45, 2.75) is 11.8 Å². The van der Waals surface area contributed by atoms with Gasteiger partial charge in [0.25, 0.3) is 10.0 Å². The minimum absolute atomic E-state index is 0.0103. The van der Waals surface area contributed by atoms with Crippen LogP contribution in [0.25, 0.3) is 0 Å². The summed E-state index contributed by atoms with van der Waals surface area (Å²) in [6.45, 7) is 1.16. The van der Waals surface area contributed by atoms with Crippen molar-refractivity contribution in [3.8, 4) is 0 Å². The normalized spacial score (nSPS) is 10.9. The first-order valence-electron chi connectivity index (χ1n) is 7.92. The Bertz CT molecular complexity index is 930. The van der Waals surface area contributed by atoms with E-state index in [9.17, 15) is 18.0 Å². The molecule has 0 bridgehead atoms. The largest absolute Gasteiger partial charge is 0.465 e. The van der Waals surface area contributed by atoms with Crippen molar-refractivity contribution in [3.63, 3.8) is 0 Å². The summed E-state index contributed by atoms with van der Waals surface area (Å²) in [5.41, 5.74) is 0.0606. The lowest BCUT2D eigenvalue weighted by Crippen LogP contribution is -2.36. The third kappa shape index (κ3) is 4.78. The van der Waals surface area contributed by atoms with Gasteiger partial charge < -0.3 is 9.47 Å².